The zero-order chi connectivity index (χ0) is 19.4. The molecule has 0 aliphatic carbocycles. The molecule has 3 aromatic heterocycles. The molecule has 0 spiro atoms. The van der Waals surface area contributed by atoms with Crippen molar-refractivity contribution in [1.82, 2.24) is 20.0 Å². The van der Waals surface area contributed by atoms with Gasteiger partial charge >= 0.3 is 0 Å². The molecule has 3 aromatic rings. The minimum Gasteiger partial charge on any atom is -0.465 e. The first kappa shape index (κ1) is 18.8. The Morgan fingerprint density at radius 2 is 2.07 bits per heavy atom. The van der Waals surface area contributed by atoms with Gasteiger partial charge in [0.1, 0.15) is 11.5 Å². The number of furan rings is 1. The average Bonchev–Trinajstić information content (AvgIpc) is 3.38. The summed E-state index contributed by atoms with van der Waals surface area (Å²) in [5.41, 5.74) is 0.712. The van der Waals surface area contributed by atoms with Crippen LogP contribution in [0.25, 0.3) is 11.5 Å². The number of hydrogen-bond acceptors (Lipinski definition) is 7. The summed E-state index contributed by atoms with van der Waals surface area (Å²) in [5, 5.41) is 4.35. The summed E-state index contributed by atoms with van der Waals surface area (Å²) in [7, 11) is 1.74. The summed E-state index contributed by atoms with van der Waals surface area (Å²) >= 11 is 0. The Labute approximate surface area is 164 Å². The second kappa shape index (κ2) is 8.24. The third-order valence-corrected chi connectivity index (χ3v) is 5.58. The summed E-state index contributed by atoms with van der Waals surface area (Å²) < 4.78 is 16.7. The molecule has 0 amide bonds. The van der Waals surface area contributed by atoms with Crippen molar-refractivity contribution in [1.29, 1.82) is 0 Å². The van der Waals surface area contributed by atoms with Gasteiger partial charge in [-0.25, -0.2) is 0 Å². The van der Waals surface area contributed by atoms with Crippen LogP contribution in [0.1, 0.15) is 36.6 Å². The lowest BCUT2D eigenvalue weighted by Gasteiger charge is -2.39. The minimum absolute atomic E-state index is 0.129. The van der Waals surface area contributed by atoms with Gasteiger partial charge in [0.2, 0.25) is 0 Å². The van der Waals surface area contributed by atoms with Gasteiger partial charge in [0.05, 0.1) is 12.1 Å². The smallest absolute Gasteiger partial charge is 0.259 e. The number of aryl methyl sites for hydroxylation is 1. The second-order valence-electron chi connectivity index (χ2n) is 7.48. The van der Waals surface area contributed by atoms with Crippen molar-refractivity contribution in [3.8, 4) is 11.5 Å². The molecule has 4 rings (SSSR count). The lowest BCUT2D eigenvalue weighted by molar-refractivity contribution is 0.0990. The van der Waals surface area contributed by atoms with Crippen molar-refractivity contribution in [3.63, 3.8) is 0 Å². The topological polar surface area (TPSA) is 77.4 Å². The number of pyridine rings is 1. The quantitative estimate of drug-likeness (QED) is 0.618. The first-order chi connectivity index (χ1) is 13.7. The zero-order valence-electron chi connectivity index (χ0n) is 16.4. The van der Waals surface area contributed by atoms with E-state index in [9.17, 15) is 0 Å². The Balaban J connectivity index is 1.49. The van der Waals surface area contributed by atoms with Crippen molar-refractivity contribution < 1.29 is 13.7 Å². The van der Waals surface area contributed by atoms with Crippen LogP contribution in [0.15, 0.2) is 45.6 Å². The van der Waals surface area contributed by atoms with Crippen molar-refractivity contribution in [2.75, 3.05) is 26.8 Å². The number of likely N-dealkylation sites (tertiary alicyclic amines) is 1. The Kier molecular flexibility index (Phi) is 5.54. The predicted molar refractivity (Wildman–Crippen MR) is 104 cm³/mol. The number of piperidine rings is 1. The fraction of sp³-hybridized carbons (Fsp3) is 0.476. The maximum absolute atomic E-state index is 5.73. The molecule has 7 nitrogen and oxygen atoms in total. The van der Waals surface area contributed by atoms with Crippen LogP contribution in [0.3, 0.4) is 0 Å². The SMILES string of the molecule is COCCC1(c2noc(-c3cccnc3)n2)CCN(Cc2ccc(C)o2)CC1. The van der Waals surface area contributed by atoms with Gasteiger partial charge < -0.3 is 13.7 Å². The Morgan fingerprint density at radius 1 is 1.21 bits per heavy atom. The first-order valence-corrected chi connectivity index (χ1v) is 9.70. The molecule has 0 radical (unpaired) electrons. The summed E-state index contributed by atoms with van der Waals surface area (Å²) in [6.45, 7) is 5.40. The maximum Gasteiger partial charge on any atom is 0.259 e. The Hall–Kier alpha value is -2.51. The van der Waals surface area contributed by atoms with Crippen LogP contribution in [0.4, 0.5) is 0 Å². The number of aromatic nitrogens is 3. The zero-order valence-corrected chi connectivity index (χ0v) is 16.4. The summed E-state index contributed by atoms with van der Waals surface area (Å²) in [6.07, 6.45) is 6.28. The monoisotopic (exact) mass is 382 g/mol. The van der Waals surface area contributed by atoms with E-state index in [1.54, 1.807) is 19.5 Å². The van der Waals surface area contributed by atoms with Crippen LogP contribution in [0, 0.1) is 6.92 Å². The van der Waals surface area contributed by atoms with Gasteiger partial charge in [-0.3, -0.25) is 9.88 Å². The van der Waals surface area contributed by atoms with Gasteiger partial charge in [-0.05, 0) is 63.5 Å². The van der Waals surface area contributed by atoms with Crippen molar-refractivity contribution >= 4 is 0 Å². The lowest BCUT2D eigenvalue weighted by atomic mass is 9.75. The maximum atomic E-state index is 5.73. The fourth-order valence-electron chi connectivity index (χ4n) is 3.86. The molecule has 1 aliphatic heterocycles. The van der Waals surface area contributed by atoms with Gasteiger partial charge in [-0.2, -0.15) is 4.98 Å². The highest BCUT2D eigenvalue weighted by molar-refractivity contribution is 5.50. The van der Waals surface area contributed by atoms with Gasteiger partial charge in [0, 0.05) is 31.5 Å². The van der Waals surface area contributed by atoms with Crippen LogP contribution in [-0.2, 0) is 16.7 Å². The van der Waals surface area contributed by atoms with Crippen LogP contribution in [-0.4, -0.2) is 46.8 Å². The van der Waals surface area contributed by atoms with E-state index in [-0.39, 0.29) is 5.41 Å². The van der Waals surface area contributed by atoms with E-state index >= 15 is 0 Å². The van der Waals surface area contributed by atoms with Crippen LogP contribution in [0.5, 0.6) is 0 Å². The fourth-order valence-corrected chi connectivity index (χ4v) is 3.86. The highest BCUT2D eigenvalue weighted by atomic mass is 16.5. The molecule has 7 heteroatoms. The van der Waals surface area contributed by atoms with E-state index in [0.717, 1.165) is 61.8 Å². The van der Waals surface area contributed by atoms with Gasteiger partial charge in [0.25, 0.3) is 5.89 Å². The summed E-state index contributed by atoms with van der Waals surface area (Å²) in [5.74, 6) is 3.27. The summed E-state index contributed by atoms with van der Waals surface area (Å²) in [6, 6.07) is 7.87. The molecule has 0 saturated carbocycles. The third-order valence-electron chi connectivity index (χ3n) is 5.58. The molecule has 1 fully saturated rings. The number of ether oxygens (including phenoxy) is 1. The van der Waals surface area contributed by atoms with Crippen LogP contribution in [0.2, 0.25) is 0 Å². The molecule has 0 N–H and O–H groups in total. The van der Waals surface area contributed by atoms with Gasteiger partial charge in [0.15, 0.2) is 5.82 Å². The predicted octanol–water partition coefficient (Wildman–Crippen LogP) is 3.60. The Morgan fingerprint density at radius 3 is 2.75 bits per heavy atom. The minimum atomic E-state index is -0.129. The highest BCUT2D eigenvalue weighted by Crippen LogP contribution is 2.38. The molecule has 0 atom stereocenters. The molecular formula is C21H26N4O3. The largest absolute Gasteiger partial charge is 0.465 e. The molecule has 4 heterocycles. The van der Waals surface area contributed by atoms with Crippen molar-refractivity contribution in [2.45, 2.75) is 38.1 Å². The average molecular weight is 382 g/mol. The van der Waals surface area contributed by atoms with Crippen LogP contribution < -0.4 is 0 Å². The molecule has 1 saturated heterocycles. The van der Waals surface area contributed by atoms with E-state index < -0.39 is 0 Å². The molecule has 0 unspecified atom stereocenters. The first-order valence-electron chi connectivity index (χ1n) is 9.70. The van der Waals surface area contributed by atoms with Crippen molar-refractivity contribution in [2.24, 2.45) is 0 Å². The molecule has 148 valence electrons. The standard InChI is InChI=1S/C21H26N4O3/c1-16-5-6-18(27-16)15-25-11-7-21(8-12-25,9-13-26-2)20-23-19(28-24-20)17-4-3-10-22-14-17/h3-6,10,14H,7-9,11-13,15H2,1-2H3. The normalized spacial score (nSPS) is 17.1. The number of hydrogen-bond donors (Lipinski definition) is 0. The number of nitrogens with zero attached hydrogens (tertiary/aromatic N) is 4. The molecule has 1 aliphatic rings. The third kappa shape index (κ3) is 4.00. The number of methoxy groups -OCH3 is 1. The Bertz CT molecular complexity index is 882. The van der Waals surface area contributed by atoms with E-state index in [4.69, 9.17) is 18.7 Å². The summed E-state index contributed by atoms with van der Waals surface area (Å²) in [4.78, 5) is 11.3. The molecule has 0 bridgehead atoms. The van der Waals surface area contributed by atoms with E-state index in [1.807, 2.05) is 25.1 Å². The lowest BCUT2D eigenvalue weighted by Crippen LogP contribution is -2.43. The van der Waals surface area contributed by atoms with E-state index in [1.165, 1.54) is 0 Å². The van der Waals surface area contributed by atoms with E-state index in [0.29, 0.717) is 12.5 Å². The molecule has 0 aromatic carbocycles. The van der Waals surface area contributed by atoms with Crippen molar-refractivity contribution in [3.05, 3.63) is 54.0 Å². The van der Waals surface area contributed by atoms with Crippen LogP contribution >= 0.6 is 0 Å². The van der Waals surface area contributed by atoms with E-state index in [2.05, 4.69) is 21.1 Å². The second-order valence-corrected chi connectivity index (χ2v) is 7.48. The van der Waals surface area contributed by atoms with Gasteiger partial charge in [-0.1, -0.05) is 5.16 Å². The highest BCUT2D eigenvalue weighted by Gasteiger charge is 2.40. The molecule has 28 heavy (non-hydrogen) atoms. The number of rotatable bonds is 7. The van der Waals surface area contributed by atoms with Gasteiger partial charge in [-0.15, -0.1) is 0 Å². The molecular weight excluding hydrogens is 356 g/mol.